The number of aromatic nitrogens is 1. The zero-order chi connectivity index (χ0) is 13.4. The van der Waals surface area contributed by atoms with Gasteiger partial charge in [0.05, 0.1) is 5.75 Å². The van der Waals surface area contributed by atoms with Crippen LogP contribution in [0.15, 0.2) is 29.8 Å². The molecular formula is C12H8ClFN2OS2. The Morgan fingerprint density at radius 2 is 2.32 bits per heavy atom. The standard InChI is InChI=1S/C12H8ClFN2OS2/c13-7-2-1-3-8(14)10(7)11-16(9(17)6-19-11)12-15-4-5-18-12/h1-5,11H,6H2. The topological polar surface area (TPSA) is 33.2 Å². The number of hydrogen-bond donors (Lipinski definition) is 0. The molecule has 0 N–H and O–H groups in total. The molecule has 1 aliphatic rings. The monoisotopic (exact) mass is 314 g/mol. The van der Waals surface area contributed by atoms with Crippen LogP contribution in [0.2, 0.25) is 5.02 Å². The van der Waals surface area contributed by atoms with Crippen molar-refractivity contribution in [2.75, 3.05) is 10.7 Å². The average molecular weight is 315 g/mol. The lowest BCUT2D eigenvalue weighted by molar-refractivity contribution is -0.115. The molecule has 1 fully saturated rings. The highest BCUT2D eigenvalue weighted by molar-refractivity contribution is 8.00. The van der Waals surface area contributed by atoms with E-state index >= 15 is 0 Å². The molecule has 1 aliphatic heterocycles. The SMILES string of the molecule is O=C1CSC(c2c(F)cccc2Cl)N1c1nccs1. The first-order chi connectivity index (χ1) is 9.18. The second-order valence-corrected chi connectivity index (χ2v) is 6.23. The lowest BCUT2D eigenvalue weighted by atomic mass is 10.2. The molecule has 7 heteroatoms. The van der Waals surface area contributed by atoms with Crippen molar-refractivity contribution in [2.45, 2.75) is 5.37 Å². The fourth-order valence-electron chi connectivity index (χ4n) is 1.93. The zero-order valence-electron chi connectivity index (χ0n) is 9.55. The minimum absolute atomic E-state index is 0.0794. The van der Waals surface area contributed by atoms with Crippen LogP contribution in [0, 0.1) is 5.82 Å². The van der Waals surface area contributed by atoms with Gasteiger partial charge >= 0.3 is 0 Å². The molecule has 1 aromatic carbocycles. The fraction of sp³-hybridized carbons (Fsp3) is 0.167. The predicted molar refractivity (Wildman–Crippen MR) is 76.2 cm³/mol. The molecular weight excluding hydrogens is 307 g/mol. The Bertz CT molecular complexity index is 600. The van der Waals surface area contributed by atoms with Gasteiger partial charge in [-0.3, -0.25) is 9.69 Å². The Morgan fingerprint density at radius 1 is 1.47 bits per heavy atom. The van der Waals surface area contributed by atoms with E-state index < -0.39 is 11.2 Å². The zero-order valence-corrected chi connectivity index (χ0v) is 11.9. The van der Waals surface area contributed by atoms with E-state index in [1.54, 1.807) is 23.7 Å². The van der Waals surface area contributed by atoms with Crippen LogP contribution in [0.5, 0.6) is 0 Å². The molecule has 1 unspecified atom stereocenters. The Balaban J connectivity index is 2.07. The Labute approximate surface area is 122 Å². The summed E-state index contributed by atoms with van der Waals surface area (Å²) in [5, 5.41) is 2.23. The molecule has 2 aromatic rings. The van der Waals surface area contributed by atoms with Crippen molar-refractivity contribution in [2.24, 2.45) is 0 Å². The van der Waals surface area contributed by atoms with Crippen molar-refractivity contribution in [3.8, 4) is 0 Å². The smallest absolute Gasteiger partial charge is 0.240 e. The molecule has 19 heavy (non-hydrogen) atoms. The van der Waals surface area contributed by atoms with Gasteiger partial charge in [-0.1, -0.05) is 17.7 Å². The van der Waals surface area contributed by atoms with Crippen molar-refractivity contribution in [1.29, 1.82) is 0 Å². The average Bonchev–Trinajstić information content (AvgIpc) is 2.99. The Morgan fingerprint density at radius 3 is 3.00 bits per heavy atom. The fourth-order valence-corrected chi connectivity index (χ4v) is 4.22. The van der Waals surface area contributed by atoms with E-state index in [4.69, 9.17) is 11.6 Å². The molecule has 3 rings (SSSR count). The minimum Gasteiger partial charge on any atom is -0.273 e. The van der Waals surface area contributed by atoms with Crippen LogP contribution in [-0.4, -0.2) is 16.6 Å². The summed E-state index contributed by atoms with van der Waals surface area (Å²) in [4.78, 5) is 17.6. The van der Waals surface area contributed by atoms with Gasteiger partial charge in [0, 0.05) is 22.2 Å². The van der Waals surface area contributed by atoms with Crippen molar-refractivity contribution in [3.63, 3.8) is 0 Å². The van der Waals surface area contributed by atoms with Crippen LogP contribution in [-0.2, 0) is 4.79 Å². The number of halogens is 2. The lowest BCUT2D eigenvalue weighted by Gasteiger charge is -2.22. The number of amides is 1. The van der Waals surface area contributed by atoms with Gasteiger partial charge in [-0.05, 0) is 12.1 Å². The predicted octanol–water partition coefficient (Wildman–Crippen LogP) is 3.71. The van der Waals surface area contributed by atoms with E-state index in [1.807, 2.05) is 0 Å². The molecule has 3 nitrogen and oxygen atoms in total. The maximum Gasteiger partial charge on any atom is 0.240 e. The van der Waals surface area contributed by atoms with E-state index in [-0.39, 0.29) is 5.91 Å². The summed E-state index contributed by atoms with van der Waals surface area (Å²) in [5.41, 5.74) is 0.343. The maximum absolute atomic E-state index is 14.0. The maximum atomic E-state index is 14.0. The van der Waals surface area contributed by atoms with Crippen LogP contribution in [0.3, 0.4) is 0 Å². The third kappa shape index (κ3) is 2.24. The molecule has 1 atom stereocenters. The van der Waals surface area contributed by atoms with Crippen molar-refractivity contribution in [1.82, 2.24) is 4.98 Å². The Hall–Kier alpha value is -1.11. The molecule has 98 valence electrons. The van der Waals surface area contributed by atoms with E-state index in [9.17, 15) is 9.18 Å². The van der Waals surface area contributed by atoms with Crippen LogP contribution in [0.1, 0.15) is 10.9 Å². The Kier molecular flexibility index (Phi) is 3.47. The summed E-state index contributed by atoms with van der Waals surface area (Å²) in [5.74, 6) is -0.180. The highest BCUT2D eigenvalue weighted by atomic mass is 35.5. The van der Waals surface area contributed by atoms with Crippen molar-refractivity contribution in [3.05, 3.63) is 46.2 Å². The van der Waals surface area contributed by atoms with Gasteiger partial charge in [-0.25, -0.2) is 9.37 Å². The largest absolute Gasteiger partial charge is 0.273 e. The summed E-state index contributed by atoms with van der Waals surface area (Å²) in [6, 6.07) is 4.53. The van der Waals surface area contributed by atoms with Gasteiger partial charge in [0.2, 0.25) is 5.91 Å². The number of nitrogens with zero attached hydrogens (tertiary/aromatic N) is 2. The van der Waals surface area contributed by atoms with Gasteiger partial charge in [0.25, 0.3) is 0 Å². The highest BCUT2D eigenvalue weighted by Crippen LogP contribution is 2.45. The van der Waals surface area contributed by atoms with E-state index in [1.165, 1.54) is 34.1 Å². The van der Waals surface area contributed by atoms with Gasteiger partial charge < -0.3 is 0 Å². The van der Waals surface area contributed by atoms with E-state index in [0.717, 1.165) is 0 Å². The van der Waals surface area contributed by atoms with Crippen molar-refractivity contribution >= 4 is 45.7 Å². The number of thiazole rings is 1. The number of hydrogen-bond acceptors (Lipinski definition) is 4. The number of anilines is 1. The van der Waals surface area contributed by atoms with Gasteiger partial charge in [-0.15, -0.1) is 23.1 Å². The van der Waals surface area contributed by atoms with Crippen LogP contribution >= 0.6 is 34.7 Å². The first kappa shape index (κ1) is 12.9. The molecule has 0 aliphatic carbocycles. The first-order valence-electron chi connectivity index (χ1n) is 5.45. The molecule has 0 bridgehead atoms. The van der Waals surface area contributed by atoms with Crippen molar-refractivity contribution < 1.29 is 9.18 Å². The molecule has 0 radical (unpaired) electrons. The number of carbonyl (C=O) groups excluding carboxylic acids is 1. The number of rotatable bonds is 2. The van der Waals surface area contributed by atoms with Crippen LogP contribution < -0.4 is 4.90 Å². The van der Waals surface area contributed by atoms with E-state index in [2.05, 4.69) is 4.98 Å². The summed E-state index contributed by atoms with van der Waals surface area (Å²) in [6.45, 7) is 0. The quantitative estimate of drug-likeness (QED) is 0.847. The van der Waals surface area contributed by atoms with Crippen LogP contribution in [0.25, 0.3) is 0 Å². The van der Waals surface area contributed by atoms with E-state index in [0.29, 0.717) is 21.5 Å². The molecule has 0 spiro atoms. The third-order valence-corrected chi connectivity index (χ3v) is 5.02. The van der Waals surface area contributed by atoms with Gasteiger partial charge in [0.1, 0.15) is 11.2 Å². The second-order valence-electron chi connectivity index (χ2n) is 3.88. The molecule has 2 heterocycles. The molecule has 1 amide bonds. The normalized spacial score (nSPS) is 19.2. The minimum atomic E-state index is -0.452. The molecule has 1 aromatic heterocycles. The lowest BCUT2D eigenvalue weighted by Crippen LogP contribution is -2.28. The summed E-state index contributed by atoms with van der Waals surface area (Å²) in [7, 11) is 0. The number of benzene rings is 1. The van der Waals surface area contributed by atoms with Gasteiger partial charge in [0.15, 0.2) is 5.13 Å². The van der Waals surface area contributed by atoms with Crippen LogP contribution in [0.4, 0.5) is 9.52 Å². The first-order valence-corrected chi connectivity index (χ1v) is 7.76. The molecule has 0 saturated carbocycles. The number of thioether (sulfide) groups is 1. The molecule has 1 saturated heterocycles. The summed E-state index contributed by atoms with van der Waals surface area (Å²) in [6.07, 6.45) is 1.62. The van der Waals surface area contributed by atoms with Gasteiger partial charge in [-0.2, -0.15) is 0 Å². The summed E-state index contributed by atoms with van der Waals surface area (Å²) >= 11 is 8.78. The third-order valence-electron chi connectivity index (χ3n) is 2.74. The second kappa shape index (κ2) is 5.11. The highest BCUT2D eigenvalue weighted by Gasteiger charge is 2.38. The summed E-state index contributed by atoms with van der Waals surface area (Å²) < 4.78 is 14.0. The number of carbonyl (C=O) groups is 1.